The quantitative estimate of drug-likeness (QED) is 0.878. The van der Waals surface area contributed by atoms with E-state index in [9.17, 15) is 0 Å². The van der Waals surface area contributed by atoms with Gasteiger partial charge in [0.25, 0.3) is 0 Å². The van der Waals surface area contributed by atoms with Gasteiger partial charge in [0.1, 0.15) is 0 Å². The average molecular weight is 318 g/mol. The first-order chi connectivity index (χ1) is 8.97. The van der Waals surface area contributed by atoms with Gasteiger partial charge in [-0.25, -0.2) is 0 Å². The van der Waals surface area contributed by atoms with Crippen molar-refractivity contribution >= 4 is 15.9 Å². The highest BCUT2D eigenvalue weighted by Gasteiger charge is 2.11. The molecule has 1 unspecified atom stereocenters. The lowest BCUT2D eigenvalue weighted by molar-refractivity contribution is 0.713. The van der Waals surface area contributed by atoms with Crippen molar-refractivity contribution in [2.75, 3.05) is 0 Å². The second-order valence-electron chi connectivity index (χ2n) is 5.24. The van der Waals surface area contributed by atoms with Crippen molar-refractivity contribution in [2.45, 2.75) is 33.2 Å². The van der Waals surface area contributed by atoms with Crippen LogP contribution in [0.1, 0.15) is 33.9 Å². The van der Waals surface area contributed by atoms with Gasteiger partial charge in [0.2, 0.25) is 0 Å². The molecule has 0 aromatic heterocycles. The van der Waals surface area contributed by atoms with Crippen LogP contribution in [-0.4, -0.2) is 0 Å². The summed E-state index contributed by atoms with van der Waals surface area (Å²) in [5.41, 5.74) is 12.8. The highest BCUT2D eigenvalue weighted by molar-refractivity contribution is 9.10. The van der Waals surface area contributed by atoms with Gasteiger partial charge in [-0.1, -0.05) is 45.8 Å². The second-order valence-corrected chi connectivity index (χ2v) is 6.16. The third kappa shape index (κ3) is 3.46. The molecular formula is C17H20BrN. The Labute approximate surface area is 124 Å². The maximum Gasteiger partial charge on any atom is 0.0338 e. The zero-order chi connectivity index (χ0) is 14.0. The van der Waals surface area contributed by atoms with Crippen LogP contribution in [0.3, 0.4) is 0 Å². The molecule has 2 aromatic rings. The molecule has 0 aliphatic heterocycles. The van der Waals surface area contributed by atoms with E-state index in [1.807, 2.05) is 0 Å². The van der Waals surface area contributed by atoms with E-state index in [0.717, 1.165) is 10.9 Å². The van der Waals surface area contributed by atoms with Crippen LogP contribution < -0.4 is 5.73 Å². The minimum atomic E-state index is 0.0496. The van der Waals surface area contributed by atoms with Gasteiger partial charge in [0, 0.05) is 10.5 Å². The molecule has 0 heterocycles. The Morgan fingerprint density at radius 2 is 1.74 bits per heavy atom. The van der Waals surface area contributed by atoms with Crippen molar-refractivity contribution < 1.29 is 0 Å². The Kier molecular flexibility index (Phi) is 4.43. The Morgan fingerprint density at radius 1 is 1.00 bits per heavy atom. The van der Waals surface area contributed by atoms with Gasteiger partial charge >= 0.3 is 0 Å². The molecule has 2 aromatic carbocycles. The Balaban J connectivity index is 2.25. The van der Waals surface area contributed by atoms with E-state index in [0.29, 0.717) is 0 Å². The van der Waals surface area contributed by atoms with Gasteiger partial charge in [-0.3, -0.25) is 0 Å². The van der Waals surface area contributed by atoms with E-state index in [1.54, 1.807) is 0 Å². The van der Waals surface area contributed by atoms with Crippen molar-refractivity contribution in [1.82, 2.24) is 0 Å². The summed E-state index contributed by atoms with van der Waals surface area (Å²) in [6, 6.07) is 12.9. The molecule has 0 fully saturated rings. The van der Waals surface area contributed by atoms with E-state index in [2.05, 4.69) is 73.1 Å². The highest BCUT2D eigenvalue weighted by atomic mass is 79.9. The third-order valence-electron chi connectivity index (χ3n) is 3.58. The second kappa shape index (κ2) is 5.89. The third-order valence-corrected chi connectivity index (χ3v) is 4.07. The van der Waals surface area contributed by atoms with Crippen molar-refractivity contribution in [1.29, 1.82) is 0 Å². The Bertz CT molecular complexity index is 590. The fourth-order valence-corrected chi connectivity index (χ4v) is 2.90. The zero-order valence-corrected chi connectivity index (χ0v) is 13.3. The standard InChI is InChI=1S/C17H20BrN/c1-11-4-5-12(2)14(8-11)10-17(19)16-7-6-15(18)9-13(16)3/h4-9,17H,10,19H2,1-3H3. The topological polar surface area (TPSA) is 26.0 Å². The summed E-state index contributed by atoms with van der Waals surface area (Å²) in [6.45, 7) is 6.39. The zero-order valence-electron chi connectivity index (χ0n) is 11.7. The predicted octanol–water partition coefficient (Wildman–Crippen LogP) is 4.62. The van der Waals surface area contributed by atoms with Crippen LogP contribution in [0.2, 0.25) is 0 Å². The van der Waals surface area contributed by atoms with E-state index >= 15 is 0 Å². The Hall–Kier alpha value is -1.12. The van der Waals surface area contributed by atoms with Gasteiger partial charge < -0.3 is 5.73 Å². The molecule has 0 spiro atoms. The molecule has 1 atom stereocenters. The van der Waals surface area contributed by atoms with Crippen molar-refractivity contribution in [3.8, 4) is 0 Å². The van der Waals surface area contributed by atoms with Crippen LogP contribution in [0.25, 0.3) is 0 Å². The number of hydrogen-bond donors (Lipinski definition) is 1. The van der Waals surface area contributed by atoms with Crippen LogP contribution >= 0.6 is 15.9 Å². The summed E-state index contributed by atoms with van der Waals surface area (Å²) in [5.74, 6) is 0. The highest BCUT2D eigenvalue weighted by Crippen LogP contribution is 2.24. The minimum absolute atomic E-state index is 0.0496. The van der Waals surface area contributed by atoms with E-state index in [1.165, 1.54) is 27.8 Å². The minimum Gasteiger partial charge on any atom is -0.324 e. The van der Waals surface area contributed by atoms with Gasteiger partial charge in [-0.05, 0) is 61.6 Å². The van der Waals surface area contributed by atoms with Crippen LogP contribution in [0.5, 0.6) is 0 Å². The van der Waals surface area contributed by atoms with E-state index in [-0.39, 0.29) is 6.04 Å². The van der Waals surface area contributed by atoms with Crippen LogP contribution in [0.4, 0.5) is 0 Å². The molecule has 19 heavy (non-hydrogen) atoms. The number of benzene rings is 2. The van der Waals surface area contributed by atoms with Gasteiger partial charge in [0.15, 0.2) is 0 Å². The number of aryl methyl sites for hydroxylation is 3. The monoisotopic (exact) mass is 317 g/mol. The lowest BCUT2D eigenvalue weighted by Gasteiger charge is -2.17. The van der Waals surface area contributed by atoms with Gasteiger partial charge in [-0.2, -0.15) is 0 Å². The van der Waals surface area contributed by atoms with E-state index in [4.69, 9.17) is 5.73 Å². The number of nitrogens with two attached hydrogens (primary N) is 1. The lowest BCUT2D eigenvalue weighted by Crippen LogP contribution is -2.15. The molecule has 0 bridgehead atoms. The van der Waals surface area contributed by atoms with E-state index < -0.39 is 0 Å². The molecule has 0 radical (unpaired) electrons. The molecule has 0 aliphatic carbocycles. The predicted molar refractivity (Wildman–Crippen MR) is 85.4 cm³/mol. The molecule has 0 amide bonds. The van der Waals surface area contributed by atoms with Crippen LogP contribution in [0.15, 0.2) is 40.9 Å². The molecular weight excluding hydrogens is 298 g/mol. The lowest BCUT2D eigenvalue weighted by atomic mass is 9.93. The van der Waals surface area contributed by atoms with Crippen LogP contribution in [0, 0.1) is 20.8 Å². The number of halogens is 1. The first-order valence-electron chi connectivity index (χ1n) is 6.55. The molecule has 0 aliphatic rings. The molecule has 2 heteroatoms. The molecule has 100 valence electrons. The molecule has 0 saturated heterocycles. The summed E-state index contributed by atoms with van der Waals surface area (Å²) in [7, 11) is 0. The number of hydrogen-bond acceptors (Lipinski definition) is 1. The average Bonchev–Trinajstić information content (AvgIpc) is 2.33. The largest absolute Gasteiger partial charge is 0.324 e. The smallest absolute Gasteiger partial charge is 0.0338 e. The van der Waals surface area contributed by atoms with Gasteiger partial charge in [-0.15, -0.1) is 0 Å². The normalized spacial score (nSPS) is 12.5. The molecule has 2 rings (SSSR count). The molecule has 2 N–H and O–H groups in total. The van der Waals surface area contributed by atoms with Crippen molar-refractivity contribution in [2.24, 2.45) is 5.73 Å². The number of rotatable bonds is 3. The van der Waals surface area contributed by atoms with Crippen molar-refractivity contribution in [3.05, 3.63) is 68.7 Å². The molecule has 0 saturated carbocycles. The maximum absolute atomic E-state index is 6.38. The summed E-state index contributed by atoms with van der Waals surface area (Å²) in [5, 5.41) is 0. The van der Waals surface area contributed by atoms with Crippen LogP contribution in [-0.2, 0) is 6.42 Å². The fraction of sp³-hybridized carbons (Fsp3) is 0.294. The summed E-state index contributed by atoms with van der Waals surface area (Å²) in [4.78, 5) is 0. The van der Waals surface area contributed by atoms with Gasteiger partial charge in [0.05, 0.1) is 0 Å². The maximum atomic E-state index is 6.38. The first-order valence-corrected chi connectivity index (χ1v) is 7.34. The summed E-state index contributed by atoms with van der Waals surface area (Å²) < 4.78 is 1.10. The first kappa shape index (κ1) is 14.3. The summed E-state index contributed by atoms with van der Waals surface area (Å²) >= 11 is 3.49. The summed E-state index contributed by atoms with van der Waals surface area (Å²) in [6.07, 6.45) is 0.885. The SMILES string of the molecule is Cc1ccc(C)c(CC(N)c2ccc(Br)cc2C)c1. The Morgan fingerprint density at radius 3 is 2.42 bits per heavy atom. The van der Waals surface area contributed by atoms with Crippen molar-refractivity contribution in [3.63, 3.8) is 0 Å². The fourth-order valence-electron chi connectivity index (χ4n) is 2.42. The molecule has 1 nitrogen and oxygen atoms in total.